The average Bonchev–Trinajstić information content (AvgIpc) is 3.55. The van der Waals surface area contributed by atoms with Gasteiger partial charge in [0.2, 0.25) is 0 Å². The van der Waals surface area contributed by atoms with Crippen molar-refractivity contribution < 1.29 is 4.42 Å². The van der Waals surface area contributed by atoms with Gasteiger partial charge in [-0.1, -0.05) is 85.0 Å². The molecule has 0 bridgehead atoms. The molecule has 0 saturated heterocycles. The Morgan fingerprint density at radius 3 is 2.24 bits per heavy atom. The van der Waals surface area contributed by atoms with E-state index in [4.69, 9.17) is 4.42 Å². The molecule has 0 N–H and O–H groups in total. The van der Waals surface area contributed by atoms with Crippen LogP contribution in [0.4, 0.5) is 5.82 Å². The molecule has 0 amide bonds. The Morgan fingerprint density at radius 2 is 1.53 bits per heavy atom. The Morgan fingerprint density at radius 1 is 0.794 bits per heavy atom. The van der Waals surface area contributed by atoms with Crippen LogP contribution in [0.2, 0.25) is 0 Å². The van der Waals surface area contributed by atoms with E-state index in [-0.39, 0.29) is 0 Å². The third-order valence-corrected chi connectivity index (χ3v) is 5.46. The van der Waals surface area contributed by atoms with Crippen LogP contribution in [0.1, 0.15) is 16.9 Å². The Hall–Kier alpha value is -4.45. The molecule has 168 valence electrons. The summed E-state index contributed by atoms with van der Waals surface area (Å²) >= 11 is 0. The predicted octanol–water partition coefficient (Wildman–Crippen LogP) is 5.85. The van der Waals surface area contributed by atoms with Crippen molar-refractivity contribution in [3.63, 3.8) is 0 Å². The predicted molar refractivity (Wildman–Crippen MR) is 136 cm³/mol. The second-order valence-electron chi connectivity index (χ2n) is 7.85. The summed E-state index contributed by atoms with van der Waals surface area (Å²) in [5.41, 5.74) is 3.90. The van der Waals surface area contributed by atoms with Crippen molar-refractivity contribution in [3.05, 3.63) is 121 Å². The molecule has 3 heterocycles. The number of hydrogen-bond donors (Lipinski definition) is 0. The number of allylic oxidation sites excluding steroid dienone is 1. The summed E-state index contributed by atoms with van der Waals surface area (Å²) in [5.74, 6) is 1.65. The smallest absolute Gasteiger partial charge is 0.165 e. The maximum atomic E-state index is 5.62. The molecule has 0 aliphatic carbocycles. The van der Waals surface area contributed by atoms with Gasteiger partial charge in [0.15, 0.2) is 17.0 Å². The van der Waals surface area contributed by atoms with Gasteiger partial charge in [-0.2, -0.15) is 0 Å². The molecule has 2 aromatic carbocycles. The minimum atomic E-state index is 0.582. The van der Waals surface area contributed by atoms with Crippen LogP contribution < -0.4 is 4.90 Å². The van der Waals surface area contributed by atoms with Gasteiger partial charge in [-0.25, -0.2) is 15.0 Å². The van der Waals surface area contributed by atoms with Gasteiger partial charge in [-0.05, 0) is 23.3 Å². The first-order valence-corrected chi connectivity index (χ1v) is 11.2. The Kier molecular flexibility index (Phi) is 6.57. The molecule has 34 heavy (non-hydrogen) atoms. The normalized spacial score (nSPS) is 11.6. The molecule has 0 unspecified atom stereocenters. The maximum Gasteiger partial charge on any atom is 0.165 e. The van der Waals surface area contributed by atoms with E-state index < -0.39 is 0 Å². The lowest BCUT2D eigenvalue weighted by Gasteiger charge is -2.21. The van der Waals surface area contributed by atoms with Gasteiger partial charge in [0.1, 0.15) is 12.1 Å². The summed E-state index contributed by atoms with van der Waals surface area (Å²) in [6.07, 6.45) is 13.6. The van der Waals surface area contributed by atoms with Crippen LogP contribution in [0.5, 0.6) is 0 Å². The highest BCUT2D eigenvalue weighted by Gasteiger charge is 2.16. The molecule has 0 aliphatic heterocycles. The van der Waals surface area contributed by atoms with Crippen LogP contribution in [-0.2, 0) is 13.1 Å². The Labute approximate surface area is 198 Å². The van der Waals surface area contributed by atoms with Gasteiger partial charge < -0.3 is 13.9 Å². The fourth-order valence-electron chi connectivity index (χ4n) is 3.80. The van der Waals surface area contributed by atoms with Crippen LogP contribution in [0.25, 0.3) is 23.3 Å². The molecule has 0 aliphatic rings. The molecule has 0 saturated carbocycles. The second-order valence-corrected chi connectivity index (χ2v) is 7.85. The quantitative estimate of drug-likeness (QED) is 0.284. The monoisotopic (exact) mass is 447 g/mol. The van der Waals surface area contributed by atoms with Gasteiger partial charge in [-0.3, -0.25) is 0 Å². The highest BCUT2D eigenvalue weighted by atomic mass is 16.3. The van der Waals surface area contributed by atoms with Crippen LogP contribution in [0, 0.1) is 0 Å². The van der Waals surface area contributed by atoms with Crippen molar-refractivity contribution in [3.8, 4) is 0 Å². The maximum absolute atomic E-state index is 5.62. The van der Waals surface area contributed by atoms with Crippen LogP contribution >= 0.6 is 0 Å². The third-order valence-electron chi connectivity index (χ3n) is 5.46. The summed E-state index contributed by atoms with van der Waals surface area (Å²) in [6, 6.07) is 24.4. The van der Waals surface area contributed by atoms with E-state index in [9.17, 15) is 0 Å². The summed E-state index contributed by atoms with van der Waals surface area (Å²) < 4.78 is 7.65. The molecule has 0 radical (unpaired) electrons. The van der Waals surface area contributed by atoms with Gasteiger partial charge in [0, 0.05) is 13.1 Å². The van der Waals surface area contributed by atoms with Gasteiger partial charge in [0.25, 0.3) is 0 Å². The lowest BCUT2D eigenvalue weighted by Crippen LogP contribution is -2.24. The van der Waals surface area contributed by atoms with Crippen LogP contribution in [0.15, 0.2) is 108 Å². The largest absolute Gasteiger partial charge is 0.467 e. The number of fused-ring (bicyclic) bond motifs is 1. The molecule has 5 aromatic rings. The third kappa shape index (κ3) is 5.13. The average molecular weight is 448 g/mol. The summed E-state index contributed by atoms with van der Waals surface area (Å²) in [5, 5.41) is 0. The van der Waals surface area contributed by atoms with Crippen molar-refractivity contribution in [1.29, 1.82) is 0 Å². The van der Waals surface area contributed by atoms with Crippen molar-refractivity contribution in [2.45, 2.75) is 13.1 Å². The standard InChI is InChI=1S/C28H25N5O/c1-3-10-23(11-4-1)14-7-17-32(20-25-16-9-19-34-25)27-26-28(30-21-29-27)33(22-31-26)18-8-15-24-12-5-2-6-13-24/h1-16,19,21-22H,17-18,20H2. The SMILES string of the molecule is C(=Cc1ccccc1)CN(Cc1ccco1)c1ncnc2c1ncn2CC=Cc1ccccc1. The summed E-state index contributed by atoms with van der Waals surface area (Å²) in [4.78, 5) is 15.9. The van der Waals surface area contributed by atoms with E-state index in [2.05, 4.69) is 68.4 Å². The number of imidazole rings is 1. The number of aromatic nitrogens is 4. The molecule has 0 spiro atoms. The van der Waals surface area contributed by atoms with E-state index in [1.54, 1.807) is 12.6 Å². The van der Waals surface area contributed by atoms with E-state index >= 15 is 0 Å². The molecule has 6 nitrogen and oxygen atoms in total. The minimum absolute atomic E-state index is 0.582. The Bertz CT molecular complexity index is 1370. The van der Waals surface area contributed by atoms with E-state index in [0.717, 1.165) is 33.9 Å². The molecular formula is C28H25N5O. The zero-order valence-electron chi connectivity index (χ0n) is 18.7. The van der Waals surface area contributed by atoms with Gasteiger partial charge in [0.05, 0.1) is 19.1 Å². The lowest BCUT2D eigenvalue weighted by atomic mass is 10.2. The highest BCUT2D eigenvalue weighted by Crippen LogP contribution is 2.23. The van der Waals surface area contributed by atoms with Gasteiger partial charge >= 0.3 is 0 Å². The van der Waals surface area contributed by atoms with Crippen molar-refractivity contribution in [2.24, 2.45) is 0 Å². The fourth-order valence-corrected chi connectivity index (χ4v) is 3.80. The number of anilines is 1. The molecular weight excluding hydrogens is 422 g/mol. The topological polar surface area (TPSA) is 60.0 Å². The zero-order chi connectivity index (χ0) is 23.0. The first kappa shape index (κ1) is 21.4. The number of nitrogens with zero attached hydrogens (tertiary/aromatic N) is 5. The summed E-state index contributed by atoms with van der Waals surface area (Å²) in [6.45, 7) is 1.91. The number of benzene rings is 2. The zero-order valence-corrected chi connectivity index (χ0v) is 18.7. The summed E-state index contributed by atoms with van der Waals surface area (Å²) in [7, 11) is 0. The fraction of sp³-hybridized carbons (Fsp3) is 0.107. The highest BCUT2D eigenvalue weighted by molar-refractivity contribution is 5.83. The Balaban J connectivity index is 1.40. The number of rotatable bonds is 9. The van der Waals surface area contributed by atoms with Crippen LogP contribution in [-0.4, -0.2) is 26.1 Å². The first-order chi connectivity index (χ1) is 16.9. The molecule has 0 atom stereocenters. The van der Waals surface area contributed by atoms with Crippen LogP contribution in [0.3, 0.4) is 0 Å². The molecule has 0 fully saturated rings. The van der Waals surface area contributed by atoms with E-state index in [1.165, 1.54) is 0 Å². The molecule has 5 rings (SSSR count). The number of furan rings is 1. The van der Waals surface area contributed by atoms with E-state index in [0.29, 0.717) is 19.6 Å². The van der Waals surface area contributed by atoms with Crippen molar-refractivity contribution >= 4 is 29.1 Å². The van der Waals surface area contributed by atoms with E-state index in [1.807, 2.05) is 59.4 Å². The van der Waals surface area contributed by atoms with Crippen molar-refractivity contribution in [1.82, 2.24) is 19.5 Å². The molecule has 6 heteroatoms. The van der Waals surface area contributed by atoms with Gasteiger partial charge in [-0.15, -0.1) is 0 Å². The first-order valence-electron chi connectivity index (χ1n) is 11.2. The number of hydrogen-bond acceptors (Lipinski definition) is 5. The second kappa shape index (κ2) is 10.4. The lowest BCUT2D eigenvalue weighted by molar-refractivity contribution is 0.504. The van der Waals surface area contributed by atoms with Crippen molar-refractivity contribution in [2.75, 3.05) is 11.4 Å². The molecule has 3 aromatic heterocycles. The minimum Gasteiger partial charge on any atom is -0.467 e.